The standard InChI is InChI=1S/C14H11Cl2F2NO2S/c15-10-2-1-9(12(16)7-10)5-6-19-22(20,21)14-4-3-11(17)8-13(14)18/h1-4,7-8,19H,5-6H2. The van der Waals surface area contributed by atoms with Gasteiger partial charge in [-0.15, -0.1) is 0 Å². The molecule has 0 atom stereocenters. The smallest absolute Gasteiger partial charge is 0.211 e. The number of rotatable bonds is 5. The molecular formula is C14H11Cl2F2NO2S. The van der Waals surface area contributed by atoms with Crippen molar-refractivity contribution in [3.05, 3.63) is 63.6 Å². The highest BCUT2D eigenvalue weighted by Gasteiger charge is 2.19. The first kappa shape index (κ1) is 17.1. The predicted molar refractivity (Wildman–Crippen MR) is 81.7 cm³/mol. The largest absolute Gasteiger partial charge is 0.243 e. The van der Waals surface area contributed by atoms with E-state index in [1.54, 1.807) is 18.2 Å². The summed E-state index contributed by atoms with van der Waals surface area (Å²) in [5.74, 6) is -1.98. The van der Waals surface area contributed by atoms with Crippen LogP contribution in [0.3, 0.4) is 0 Å². The second-order valence-corrected chi connectivity index (χ2v) is 7.04. The summed E-state index contributed by atoms with van der Waals surface area (Å²) in [6.45, 7) is 0.0144. The molecule has 0 aromatic heterocycles. The van der Waals surface area contributed by atoms with E-state index in [0.29, 0.717) is 28.1 Å². The highest BCUT2D eigenvalue weighted by Crippen LogP contribution is 2.21. The van der Waals surface area contributed by atoms with Crippen LogP contribution in [0.1, 0.15) is 5.56 Å². The van der Waals surface area contributed by atoms with Crippen LogP contribution >= 0.6 is 23.2 Å². The van der Waals surface area contributed by atoms with Gasteiger partial charge in [-0.2, -0.15) is 0 Å². The molecule has 0 aliphatic heterocycles. The number of sulfonamides is 1. The Morgan fingerprint density at radius 3 is 2.41 bits per heavy atom. The summed E-state index contributed by atoms with van der Waals surface area (Å²) in [6, 6.07) is 7.14. The minimum atomic E-state index is -4.06. The van der Waals surface area contributed by atoms with E-state index in [4.69, 9.17) is 23.2 Å². The van der Waals surface area contributed by atoms with Crippen molar-refractivity contribution in [2.24, 2.45) is 0 Å². The van der Waals surface area contributed by atoms with Gasteiger partial charge >= 0.3 is 0 Å². The van der Waals surface area contributed by atoms with Crippen molar-refractivity contribution in [1.82, 2.24) is 4.72 Å². The molecule has 2 aromatic rings. The Bertz CT molecular complexity index is 797. The lowest BCUT2D eigenvalue weighted by Crippen LogP contribution is -2.27. The van der Waals surface area contributed by atoms with Crippen molar-refractivity contribution in [1.29, 1.82) is 0 Å². The first-order valence-electron chi connectivity index (χ1n) is 6.18. The SMILES string of the molecule is O=S(=O)(NCCc1ccc(Cl)cc1Cl)c1ccc(F)cc1F. The second-order valence-electron chi connectivity index (χ2n) is 4.46. The van der Waals surface area contributed by atoms with E-state index in [0.717, 1.165) is 12.1 Å². The molecule has 2 aromatic carbocycles. The predicted octanol–water partition coefficient (Wildman–Crippen LogP) is 3.79. The summed E-state index contributed by atoms with van der Waals surface area (Å²) < 4.78 is 52.5. The topological polar surface area (TPSA) is 46.2 Å². The molecule has 0 aliphatic carbocycles. The van der Waals surface area contributed by atoms with Gasteiger partial charge in [-0.3, -0.25) is 0 Å². The molecule has 0 fully saturated rings. The molecule has 2 rings (SSSR count). The third-order valence-corrected chi connectivity index (χ3v) is 4.97. The lowest BCUT2D eigenvalue weighted by Gasteiger charge is -2.09. The molecule has 0 aliphatic rings. The van der Waals surface area contributed by atoms with Crippen molar-refractivity contribution >= 4 is 33.2 Å². The number of halogens is 4. The third-order valence-electron chi connectivity index (χ3n) is 2.88. The van der Waals surface area contributed by atoms with Crippen LogP contribution in [-0.2, 0) is 16.4 Å². The summed E-state index contributed by atoms with van der Waals surface area (Å²) in [5.41, 5.74) is 0.702. The summed E-state index contributed by atoms with van der Waals surface area (Å²) in [6.07, 6.45) is 0.304. The van der Waals surface area contributed by atoms with Gasteiger partial charge in [0.15, 0.2) is 0 Å². The molecular weight excluding hydrogens is 355 g/mol. The fourth-order valence-corrected chi connectivity index (χ4v) is 3.41. The van der Waals surface area contributed by atoms with Crippen LogP contribution in [-0.4, -0.2) is 15.0 Å². The molecule has 0 radical (unpaired) electrons. The molecule has 118 valence electrons. The molecule has 22 heavy (non-hydrogen) atoms. The third kappa shape index (κ3) is 4.16. The van der Waals surface area contributed by atoms with E-state index in [1.807, 2.05) is 0 Å². The van der Waals surface area contributed by atoms with E-state index in [9.17, 15) is 17.2 Å². The summed E-state index contributed by atoms with van der Waals surface area (Å²) in [5, 5.41) is 0.891. The quantitative estimate of drug-likeness (QED) is 0.875. The molecule has 8 heteroatoms. The lowest BCUT2D eigenvalue weighted by molar-refractivity contribution is 0.543. The van der Waals surface area contributed by atoms with Gasteiger partial charge in [0.25, 0.3) is 0 Å². The Morgan fingerprint density at radius 1 is 1.05 bits per heavy atom. The highest BCUT2D eigenvalue weighted by molar-refractivity contribution is 7.89. The van der Waals surface area contributed by atoms with Crippen molar-refractivity contribution in [3.63, 3.8) is 0 Å². The van der Waals surface area contributed by atoms with E-state index < -0.39 is 26.6 Å². The van der Waals surface area contributed by atoms with E-state index in [1.165, 1.54) is 0 Å². The van der Waals surface area contributed by atoms with Gasteiger partial charge in [-0.05, 0) is 36.2 Å². The highest BCUT2D eigenvalue weighted by atomic mass is 35.5. The number of benzene rings is 2. The van der Waals surface area contributed by atoms with Gasteiger partial charge in [-0.1, -0.05) is 29.3 Å². The second kappa shape index (κ2) is 6.91. The Balaban J connectivity index is 2.07. The van der Waals surface area contributed by atoms with E-state index >= 15 is 0 Å². The minimum Gasteiger partial charge on any atom is -0.211 e. The van der Waals surface area contributed by atoms with Gasteiger partial charge in [-0.25, -0.2) is 21.9 Å². The molecule has 0 saturated carbocycles. The van der Waals surface area contributed by atoms with Crippen molar-refractivity contribution in [2.45, 2.75) is 11.3 Å². The first-order valence-corrected chi connectivity index (χ1v) is 8.42. The molecule has 0 heterocycles. The van der Waals surface area contributed by atoms with Gasteiger partial charge in [0, 0.05) is 22.7 Å². The Kier molecular flexibility index (Phi) is 5.39. The monoisotopic (exact) mass is 365 g/mol. The Hall–Kier alpha value is -1.21. The zero-order valence-electron chi connectivity index (χ0n) is 11.1. The van der Waals surface area contributed by atoms with Crippen LogP contribution in [0.4, 0.5) is 8.78 Å². The van der Waals surface area contributed by atoms with Crippen LogP contribution in [0.15, 0.2) is 41.3 Å². The average Bonchev–Trinajstić information content (AvgIpc) is 2.40. The number of hydrogen-bond acceptors (Lipinski definition) is 2. The number of hydrogen-bond donors (Lipinski definition) is 1. The van der Waals surface area contributed by atoms with E-state index in [-0.39, 0.29) is 6.54 Å². The molecule has 0 amide bonds. The first-order chi connectivity index (χ1) is 10.3. The molecule has 0 bridgehead atoms. The Morgan fingerprint density at radius 2 is 1.77 bits per heavy atom. The van der Waals surface area contributed by atoms with Crippen LogP contribution in [0.5, 0.6) is 0 Å². The maximum atomic E-state index is 13.5. The van der Waals surface area contributed by atoms with Crippen LogP contribution in [0.25, 0.3) is 0 Å². The molecule has 0 spiro atoms. The van der Waals surface area contributed by atoms with E-state index in [2.05, 4.69) is 4.72 Å². The van der Waals surface area contributed by atoms with Gasteiger partial charge in [0.05, 0.1) is 0 Å². The normalized spacial score (nSPS) is 11.6. The lowest BCUT2D eigenvalue weighted by atomic mass is 10.1. The van der Waals surface area contributed by atoms with Crippen LogP contribution in [0.2, 0.25) is 10.0 Å². The maximum absolute atomic E-state index is 13.5. The molecule has 0 saturated heterocycles. The minimum absolute atomic E-state index is 0.0144. The van der Waals surface area contributed by atoms with Crippen LogP contribution in [0, 0.1) is 11.6 Å². The van der Waals surface area contributed by atoms with Gasteiger partial charge in [0.2, 0.25) is 10.0 Å². The zero-order chi connectivity index (χ0) is 16.3. The Labute approximate surface area is 136 Å². The van der Waals surface area contributed by atoms with Crippen molar-refractivity contribution in [3.8, 4) is 0 Å². The summed E-state index contributed by atoms with van der Waals surface area (Å²) in [4.78, 5) is -0.601. The fourth-order valence-electron chi connectivity index (χ4n) is 1.82. The fraction of sp³-hybridized carbons (Fsp3) is 0.143. The van der Waals surface area contributed by atoms with Gasteiger partial charge < -0.3 is 0 Å². The van der Waals surface area contributed by atoms with Crippen molar-refractivity contribution in [2.75, 3.05) is 6.54 Å². The van der Waals surface area contributed by atoms with Crippen LogP contribution < -0.4 is 4.72 Å². The van der Waals surface area contributed by atoms with Gasteiger partial charge in [0.1, 0.15) is 16.5 Å². The molecule has 1 N–H and O–H groups in total. The summed E-state index contributed by atoms with van der Waals surface area (Å²) in [7, 11) is -4.06. The van der Waals surface area contributed by atoms with Crippen molar-refractivity contribution < 1.29 is 17.2 Å². The summed E-state index contributed by atoms with van der Waals surface area (Å²) >= 11 is 11.7. The number of nitrogens with one attached hydrogen (secondary N) is 1. The molecule has 3 nitrogen and oxygen atoms in total. The zero-order valence-corrected chi connectivity index (χ0v) is 13.4. The molecule has 0 unspecified atom stereocenters. The maximum Gasteiger partial charge on any atom is 0.243 e. The average molecular weight is 366 g/mol.